The second kappa shape index (κ2) is 5.40. The Hall–Kier alpha value is -1.54. The van der Waals surface area contributed by atoms with Crippen LogP contribution in [0.25, 0.3) is 11.4 Å². The van der Waals surface area contributed by atoms with Crippen molar-refractivity contribution in [2.75, 3.05) is 5.75 Å². The van der Waals surface area contributed by atoms with Crippen LogP contribution in [-0.4, -0.2) is 31.9 Å². The maximum atomic E-state index is 10.6. The molecule has 0 bridgehead atoms. The van der Waals surface area contributed by atoms with E-state index in [2.05, 4.69) is 31.1 Å². The monoisotopic (exact) mass is 328 g/mol. The number of rotatable bonds is 4. The molecule has 2 rings (SSSR count). The fourth-order valence-corrected chi connectivity index (χ4v) is 2.16. The van der Waals surface area contributed by atoms with E-state index in [-0.39, 0.29) is 11.5 Å². The molecular weight excluding hydrogens is 320 g/mol. The number of thioether (sulfide) groups is 1. The average Bonchev–Trinajstić information content (AvgIpc) is 2.78. The molecule has 1 aromatic heterocycles. The molecule has 0 fully saturated rings. The molecule has 0 atom stereocenters. The Labute approximate surface area is 115 Å². The Morgan fingerprint density at radius 2 is 2.33 bits per heavy atom. The largest absolute Gasteiger partial charge is 0.507 e. The molecule has 0 saturated carbocycles. The van der Waals surface area contributed by atoms with Gasteiger partial charge in [0.05, 0.1) is 11.3 Å². The summed E-state index contributed by atoms with van der Waals surface area (Å²) >= 11 is 4.44. The number of aromatic hydroxyl groups is 1. The molecule has 1 heterocycles. The minimum Gasteiger partial charge on any atom is -0.507 e. The highest BCUT2D eigenvalue weighted by molar-refractivity contribution is 9.10. The van der Waals surface area contributed by atoms with Gasteiger partial charge in [-0.05, 0) is 18.2 Å². The van der Waals surface area contributed by atoms with E-state index in [0.29, 0.717) is 16.5 Å². The van der Waals surface area contributed by atoms with Crippen LogP contribution < -0.4 is 5.73 Å². The predicted molar refractivity (Wildman–Crippen MR) is 71.1 cm³/mol. The number of amides is 1. The number of carbonyl (C=O) groups excluding carboxylic acids is 1. The van der Waals surface area contributed by atoms with Gasteiger partial charge in [0.25, 0.3) is 0 Å². The number of nitrogens with zero attached hydrogens (tertiary/aromatic N) is 2. The average molecular weight is 329 g/mol. The first-order valence-electron chi connectivity index (χ1n) is 4.88. The van der Waals surface area contributed by atoms with Gasteiger partial charge >= 0.3 is 0 Å². The minimum absolute atomic E-state index is 0.0980. The number of carbonyl (C=O) groups is 1. The SMILES string of the molecule is NC(=O)CSc1n[nH]c(-c2cc(Br)ccc2O)n1. The van der Waals surface area contributed by atoms with Crippen LogP contribution in [0.5, 0.6) is 5.75 Å². The highest BCUT2D eigenvalue weighted by atomic mass is 79.9. The van der Waals surface area contributed by atoms with Crippen molar-refractivity contribution in [1.29, 1.82) is 0 Å². The number of primary amides is 1. The molecule has 8 heteroatoms. The standard InChI is InChI=1S/C10H9BrN4O2S/c11-5-1-2-7(16)6(3-5)9-13-10(15-14-9)18-4-8(12)17/h1-3,16H,4H2,(H2,12,17)(H,13,14,15). The normalized spacial score (nSPS) is 10.5. The Balaban J connectivity index is 2.23. The molecule has 6 nitrogen and oxygen atoms in total. The van der Waals surface area contributed by atoms with Crippen LogP contribution in [0.1, 0.15) is 0 Å². The third-order valence-electron chi connectivity index (χ3n) is 2.02. The van der Waals surface area contributed by atoms with E-state index in [1.165, 1.54) is 0 Å². The summed E-state index contributed by atoms with van der Waals surface area (Å²) < 4.78 is 0.818. The third kappa shape index (κ3) is 3.02. The fourth-order valence-electron chi connectivity index (χ4n) is 1.27. The molecular formula is C10H9BrN4O2S. The lowest BCUT2D eigenvalue weighted by molar-refractivity contribution is -0.115. The molecule has 0 radical (unpaired) electrons. The topological polar surface area (TPSA) is 105 Å². The zero-order valence-corrected chi connectivity index (χ0v) is 11.5. The summed E-state index contributed by atoms with van der Waals surface area (Å²) in [5.74, 6) is 0.208. The molecule has 1 aromatic carbocycles. The maximum absolute atomic E-state index is 10.6. The highest BCUT2D eigenvalue weighted by Crippen LogP contribution is 2.30. The summed E-state index contributed by atoms with van der Waals surface area (Å²) in [6.45, 7) is 0. The predicted octanol–water partition coefficient (Wildman–Crippen LogP) is 1.52. The van der Waals surface area contributed by atoms with Crippen LogP contribution in [-0.2, 0) is 4.79 Å². The molecule has 94 valence electrons. The van der Waals surface area contributed by atoms with Gasteiger partial charge in [-0.15, -0.1) is 5.10 Å². The number of phenols is 1. The van der Waals surface area contributed by atoms with Gasteiger partial charge in [-0.3, -0.25) is 9.89 Å². The molecule has 0 unspecified atom stereocenters. The van der Waals surface area contributed by atoms with Gasteiger partial charge < -0.3 is 10.8 Å². The summed E-state index contributed by atoms with van der Waals surface area (Å²) in [6, 6.07) is 4.99. The Kier molecular flexibility index (Phi) is 3.87. The van der Waals surface area contributed by atoms with Crippen LogP contribution in [0.4, 0.5) is 0 Å². The van der Waals surface area contributed by atoms with Crippen molar-refractivity contribution in [3.05, 3.63) is 22.7 Å². The number of hydrogen-bond acceptors (Lipinski definition) is 5. The fraction of sp³-hybridized carbons (Fsp3) is 0.100. The summed E-state index contributed by atoms with van der Waals surface area (Å²) in [5, 5.41) is 16.8. The van der Waals surface area contributed by atoms with E-state index >= 15 is 0 Å². The van der Waals surface area contributed by atoms with Gasteiger partial charge in [0, 0.05) is 4.47 Å². The van der Waals surface area contributed by atoms with E-state index in [4.69, 9.17) is 5.73 Å². The molecule has 18 heavy (non-hydrogen) atoms. The zero-order valence-electron chi connectivity index (χ0n) is 9.05. The first kappa shape index (κ1) is 12.9. The number of H-pyrrole nitrogens is 1. The molecule has 0 spiro atoms. The summed E-state index contributed by atoms with van der Waals surface area (Å²) in [5.41, 5.74) is 5.56. The highest BCUT2D eigenvalue weighted by Gasteiger charge is 2.11. The van der Waals surface area contributed by atoms with E-state index in [1.54, 1.807) is 18.2 Å². The van der Waals surface area contributed by atoms with Crippen molar-refractivity contribution in [1.82, 2.24) is 15.2 Å². The number of halogens is 1. The lowest BCUT2D eigenvalue weighted by atomic mass is 10.2. The van der Waals surface area contributed by atoms with E-state index in [9.17, 15) is 9.90 Å². The number of aromatic amines is 1. The molecule has 2 aromatic rings. The first-order valence-corrected chi connectivity index (χ1v) is 6.66. The maximum Gasteiger partial charge on any atom is 0.227 e. The third-order valence-corrected chi connectivity index (χ3v) is 3.39. The van der Waals surface area contributed by atoms with Crippen molar-refractivity contribution in [3.8, 4) is 17.1 Å². The van der Waals surface area contributed by atoms with Gasteiger partial charge in [0.1, 0.15) is 5.75 Å². The van der Waals surface area contributed by atoms with E-state index < -0.39 is 5.91 Å². The summed E-state index contributed by atoms with van der Waals surface area (Å²) in [7, 11) is 0. The van der Waals surface area contributed by atoms with Gasteiger partial charge in [-0.25, -0.2) is 4.98 Å². The van der Waals surface area contributed by atoms with Crippen molar-refractivity contribution >= 4 is 33.6 Å². The van der Waals surface area contributed by atoms with Crippen LogP contribution in [0.3, 0.4) is 0 Å². The number of nitrogens with two attached hydrogens (primary N) is 1. The Bertz CT molecular complexity index is 587. The molecule has 0 aliphatic carbocycles. The van der Waals surface area contributed by atoms with Gasteiger partial charge in [0.15, 0.2) is 5.82 Å². The number of benzene rings is 1. The number of nitrogens with one attached hydrogen (secondary N) is 1. The number of aromatic nitrogens is 3. The van der Waals surface area contributed by atoms with Crippen LogP contribution in [0.2, 0.25) is 0 Å². The van der Waals surface area contributed by atoms with Gasteiger partial charge in [0.2, 0.25) is 11.1 Å². The molecule has 0 saturated heterocycles. The molecule has 4 N–H and O–H groups in total. The molecule has 1 amide bonds. The minimum atomic E-state index is -0.434. The smallest absolute Gasteiger partial charge is 0.227 e. The van der Waals surface area contributed by atoms with Crippen molar-refractivity contribution in [2.24, 2.45) is 5.73 Å². The quantitative estimate of drug-likeness (QED) is 0.738. The number of phenolic OH excluding ortho intramolecular Hbond substituents is 1. The lowest BCUT2D eigenvalue weighted by Crippen LogP contribution is -2.13. The molecule has 0 aliphatic heterocycles. The van der Waals surface area contributed by atoms with Crippen LogP contribution in [0.15, 0.2) is 27.8 Å². The Morgan fingerprint density at radius 1 is 1.56 bits per heavy atom. The van der Waals surface area contributed by atoms with Crippen molar-refractivity contribution < 1.29 is 9.90 Å². The van der Waals surface area contributed by atoms with Gasteiger partial charge in [-0.2, -0.15) is 0 Å². The second-order valence-corrected chi connectivity index (χ2v) is 5.24. The van der Waals surface area contributed by atoms with Crippen molar-refractivity contribution in [3.63, 3.8) is 0 Å². The first-order chi connectivity index (χ1) is 8.56. The molecule has 0 aliphatic rings. The van der Waals surface area contributed by atoms with Crippen molar-refractivity contribution in [2.45, 2.75) is 5.16 Å². The van der Waals surface area contributed by atoms with E-state index in [0.717, 1.165) is 16.2 Å². The summed E-state index contributed by atoms with van der Waals surface area (Å²) in [4.78, 5) is 14.8. The van der Waals surface area contributed by atoms with E-state index in [1.807, 2.05) is 0 Å². The van der Waals surface area contributed by atoms with Gasteiger partial charge in [-0.1, -0.05) is 27.7 Å². The van der Waals surface area contributed by atoms with Crippen LogP contribution in [0, 0.1) is 0 Å². The number of hydrogen-bond donors (Lipinski definition) is 3. The zero-order chi connectivity index (χ0) is 13.1. The second-order valence-electron chi connectivity index (χ2n) is 3.38. The lowest BCUT2D eigenvalue weighted by Gasteiger charge is -2.00. The summed E-state index contributed by atoms with van der Waals surface area (Å²) in [6.07, 6.45) is 0. The Morgan fingerprint density at radius 3 is 3.06 bits per heavy atom. The van der Waals surface area contributed by atoms with Crippen LogP contribution >= 0.6 is 27.7 Å².